The average molecular weight is 400 g/mol. The molecule has 1 N–H and O–H groups in total. The summed E-state index contributed by atoms with van der Waals surface area (Å²) in [6.07, 6.45) is 5.35. The summed E-state index contributed by atoms with van der Waals surface area (Å²) < 4.78 is 5.81. The van der Waals surface area contributed by atoms with Crippen LogP contribution < -0.4 is 5.32 Å². The fourth-order valence-electron chi connectivity index (χ4n) is 5.03. The monoisotopic (exact) mass is 399 g/mol. The summed E-state index contributed by atoms with van der Waals surface area (Å²) in [5.74, 6) is 2.88. The van der Waals surface area contributed by atoms with E-state index in [1.54, 1.807) is 0 Å². The molecule has 0 saturated heterocycles. The van der Waals surface area contributed by atoms with Crippen LogP contribution in [-0.2, 0) is 4.79 Å². The van der Waals surface area contributed by atoms with E-state index in [1.165, 1.54) is 37.4 Å². The Morgan fingerprint density at radius 3 is 2.54 bits per heavy atom. The third-order valence-electron chi connectivity index (χ3n) is 6.33. The van der Waals surface area contributed by atoms with Crippen molar-refractivity contribution in [1.82, 2.24) is 15.5 Å². The number of thioether (sulfide) groups is 1. The van der Waals surface area contributed by atoms with Gasteiger partial charge in [0.2, 0.25) is 11.8 Å². The summed E-state index contributed by atoms with van der Waals surface area (Å²) in [7, 11) is 0. The molecule has 2 fully saturated rings. The minimum absolute atomic E-state index is 0.0476. The third-order valence-corrected chi connectivity index (χ3v) is 7.26. The van der Waals surface area contributed by atoms with Crippen LogP contribution in [0.5, 0.6) is 0 Å². The molecule has 5 nitrogen and oxygen atoms in total. The summed E-state index contributed by atoms with van der Waals surface area (Å²) in [4.78, 5) is 12.7. The number of fused-ring (bicyclic) bond motifs is 2. The molecule has 5 unspecified atom stereocenters. The van der Waals surface area contributed by atoms with E-state index in [9.17, 15) is 4.79 Å². The van der Waals surface area contributed by atoms with Crippen LogP contribution in [0.1, 0.15) is 50.7 Å². The summed E-state index contributed by atoms with van der Waals surface area (Å²) in [6.45, 7) is 8.15. The smallest absolute Gasteiger partial charge is 0.277 e. The first-order valence-electron chi connectivity index (χ1n) is 10.3. The number of aryl methyl sites for hydroxylation is 2. The lowest BCUT2D eigenvalue weighted by Crippen LogP contribution is -2.43. The lowest BCUT2D eigenvalue weighted by atomic mass is 9.84. The largest absolute Gasteiger partial charge is 0.411 e. The first-order chi connectivity index (χ1) is 13.4. The van der Waals surface area contributed by atoms with Gasteiger partial charge in [0.25, 0.3) is 5.22 Å². The molecular formula is C22H29N3O2S. The second-order valence-corrected chi connectivity index (χ2v) is 9.94. The van der Waals surface area contributed by atoms with E-state index in [1.807, 2.05) is 32.9 Å². The molecule has 2 aromatic rings. The Bertz CT molecular complexity index is 845. The molecule has 0 aliphatic heterocycles. The van der Waals surface area contributed by atoms with Gasteiger partial charge in [0.15, 0.2) is 0 Å². The Hall–Kier alpha value is -1.82. The number of amides is 1. The Morgan fingerprint density at radius 2 is 1.89 bits per heavy atom. The first kappa shape index (κ1) is 19.5. The second-order valence-electron chi connectivity index (χ2n) is 8.65. The maximum Gasteiger partial charge on any atom is 0.277 e. The van der Waals surface area contributed by atoms with Gasteiger partial charge in [0.1, 0.15) is 0 Å². The van der Waals surface area contributed by atoms with E-state index in [4.69, 9.17) is 4.42 Å². The molecule has 1 heterocycles. The van der Waals surface area contributed by atoms with Gasteiger partial charge >= 0.3 is 0 Å². The van der Waals surface area contributed by atoms with Gasteiger partial charge < -0.3 is 9.73 Å². The highest BCUT2D eigenvalue weighted by molar-refractivity contribution is 8.00. The minimum Gasteiger partial charge on any atom is -0.411 e. The number of hydrogen-bond acceptors (Lipinski definition) is 5. The summed E-state index contributed by atoms with van der Waals surface area (Å²) in [5, 5.41) is 11.7. The predicted octanol–water partition coefficient (Wildman–Crippen LogP) is 4.77. The minimum atomic E-state index is -0.270. The molecule has 1 amide bonds. The lowest BCUT2D eigenvalue weighted by molar-refractivity contribution is -0.121. The Labute approximate surface area is 171 Å². The van der Waals surface area contributed by atoms with Crippen LogP contribution in [0.15, 0.2) is 27.8 Å². The van der Waals surface area contributed by atoms with E-state index in [-0.39, 0.29) is 17.2 Å². The van der Waals surface area contributed by atoms with Gasteiger partial charge in [0, 0.05) is 11.6 Å². The van der Waals surface area contributed by atoms with Gasteiger partial charge in [-0.2, -0.15) is 0 Å². The molecular weight excluding hydrogens is 370 g/mol. The molecule has 1 aromatic carbocycles. The molecule has 6 heteroatoms. The zero-order chi connectivity index (χ0) is 19.8. The van der Waals surface area contributed by atoms with E-state index in [0.717, 1.165) is 28.5 Å². The SMILES string of the molecule is Cc1cc(C)cc(-c2nnc(SC(C)C(=O)NC(C)C3CC4CCC3C4)o2)c1. The number of carbonyl (C=O) groups excluding carboxylic acids is 1. The number of nitrogens with one attached hydrogen (secondary N) is 1. The van der Waals surface area contributed by atoms with Crippen molar-refractivity contribution in [2.24, 2.45) is 17.8 Å². The summed E-state index contributed by atoms with van der Waals surface area (Å²) >= 11 is 1.32. The number of carbonyl (C=O) groups is 1. The average Bonchev–Trinajstić information content (AvgIpc) is 3.37. The van der Waals surface area contributed by atoms with Gasteiger partial charge in [-0.05, 0) is 76.8 Å². The topological polar surface area (TPSA) is 68.0 Å². The second kappa shape index (κ2) is 7.90. The van der Waals surface area contributed by atoms with Crippen molar-refractivity contribution >= 4 is 17.7 Å². The Balaban J connectivity index is 1.35. The van der Waals surface area contributed by atoms with Crippen molar-refractivity contribution in [3.63, 3.8) is 0 Å². The summed E-state index contributed by atoms with van der Waals surface area (Å²) in [6, 6.07) is 6.41. The molecule has 4 rings (SSSR count). The number of hydrogen-bond donors (Lipinski definition) is 1. The van der Waals surface area contributed by atoms with Crippen LogP contribution >= 0.6 is 11.8 Å². The number of rotatable bonds is 6. The van der Waals surface area contributed by atoms with Crippen LogP contribution in [0.25, 0.3) is 11.5 Å². The zero-order valence-electron chi connectivity index (χ0n) is 17.1. The van der Waals surface area contributed by atoms with Crippen LogP contribution in [0.4, 0.5) is 0 Å². The zero-order valence-corrected chi connectivity index (χ0v) is 17.9. The van der Waals surface area contributed by atoms with Crippen LogP contribution in [-0.4, -0.2) is 27.4 Å². The highest BCUT2D eigenvalue weighted by Crippen LogP contribution is 2.49. The molecule has 2 saturated carbocycles. The maximum absolute atomic E-state index is 12.7. The van der Waals surface area contributed by atoms with E-state index >= 15 is 0 Å². The van der Waals surface area contributed by atoms with Gasteiger partial charge in [-0.3, -0.25) is 4.79 Å². The van der Waals surface area contributed by atoms with Crippen molar-refractivity contribution in [2.75, 3.05) is 0 Å². The van der Waals surface area contributed by atoms with Gasteiger partial charge in [-0.15, -0.1) is 10.2 Å². The summed E-state index contributed by atoms with van der Waals surface area (Å²) in [5.41, 5.74) is 3.23. The standard InChI is InChI=1S/C22H29N3O2S/c1-12-7-13(2)9-18(8-12)21-24-25-22(27-21)28-15(4)20(26)23-14(3)19-11-16-5-6-17(19)10-16/h7-9,14-17,19H,5-6,10-11H2,1-4H3,(H,23,26). The fraction of sp³-hybridized carbons (Fsp3) is 0.591. The molecule has 2 bridgehead atoms. The van der Waals surface area contributed by atoms with Crippen molar-refractivity contribution in [1.29, 1.82) is 0 Å². The molecule has 0 spiro atoms. The van der Waals surface area contributed by atoms with Crippen molar-refractivity contribution in [2.45, 2.75) is 69.9 Å². The van der Waals surface area contributed by atoms with Crippen molar-refractivity contribution in [3.8, 4) is 11.5 Å². The van der Waals surface area contributed by atoms with E-state index in [2.05, 4.69) is 28.5 Å². The van der Waals surface area contributed by atoms with E-state index in [0.29, 0.717) is 17.0 Å². The number of nitrogens with zero attached hydrogens (tertiary/aromatic N) is 2. The van der Waals surface area contributed by atoms with Gasteiger partial charge in [-0.25, -0.2) is 0 Å². The van der Waals surface area contributed by atoms with Gasteiger partial charge in [-0.1, -0.05) is 35.4 Å². The van der Waals surface area contributed by atoms with Crippen LogP contribution in [0.3, 0.4) is 0 Å². The number of aromatic nitrogens is 2. The molecule has 1 aromatic heterocycles. The molecule has 5 atom stereocenters. The predicted molar refractivity (Wildman–Crippen MR) is 111 cm³/mol. The van der Waals surface area contributed by atoms with Crippen molar-refractivity contribution in [3.05, 3.63) is 29.3 Å². The first-order valence-corrected chi connectivity index (χ1v) is 11.2. The molecule has 28 heavy (non-hydrogen) atoms. The third kappa shape index (κ3) is 4.12. The molecule has 150 valence electrons. The van der Waals surface area contributed by atoms with Gasteiger partial charge in [0.05, 0.1) is 5.25 Å². The highest BCUT2D eigenvalue weighted by Gasteiger charge is 2.42. The normalized spacial score (nSPS) is 25.6. The Kier molecular flexibility index (Phi) is 5.50. The van der Waals surface area contributed by atoms with Crippen molar-refractivity contribution < 1.29 is 9.21 Å². The molecule has 0 radical (unpaired) electrons. The quantitative estimate of drug-likeness (QED) is 0.708. The highest BCUT2D eigenvalue weighted by atomic mass is 32.2. The lowest BCUT2D eigenvalue weighted by Gasteiger charge is -2.29. The fourth-order valence-corrected chi connectivity index (χ4v) is 5.72. The molecule has 2 aliphatic rings. The van der Waals surface area contributed by atoms with Crippen LogP contribution in [0, 0.1) is 31.6 Å². The Morgan fingerprint density at radius 1 is 1.14 bits per heavy atom. The number of benzene rings is 1. The maximum atomic E-state index is 12.7. The van der Waals surface area contributed by atoms with Crippen LogP contribution in [0.2, 0.25) is 0 Å². The molecule has 2 aliphatic carbocycles. The van der Waals surface area contributed by atoms with E-state index < -0.39 is 0 Å².